The first-order valence-corrected chi connectivity index (χ1v) is 6.46. The van der Waals surface area contributed by atoms with Gasteiger partial charge in [-0.25, -0.2) is 0 Å². The number of rotatable bonds is 5. The Morgan fingerprint density at radius 3 is 2.13 bits per heavy atom. The van der Waals surface area contributed by atoms with Crippen LogP contribution < -0.4 is 4.74 Å². The Hall–Kier alpha value is -3.02. The Kier molecular flexibility index (Phi) is 5.19. The van der Waals surface area contributed by atoms with Crippen LogP contribution in [0, 0.1) is 0 Å². The van der Waals surface area contributed by atoms with Gasteiger partial charge < -0.3 is 9.84 Å². The normalized spacial score (nSPS) is 10.6. The lowest BCUT2D eigenvalue weighted by Gasteiger charge is -2.02. The van der Waals surface area contributed by atoms with Gasteiger partial charge in [0.15, 0.2) is 5.78 Å². The van der Waals surface area contributed by atoms with E-state index in [0.29, 0.717) is 11.1 Å². The lowest BCUT2D eigenvalue weighted by molar-refractivity contribution is 0.104. The molecule has 0 radical (unpaired) electrons. The van der Waals surface area contributed by atoms with Gasteiger partial charge in [-0.05, 0) is 48.0 Å². The van der Waals surface area contributed by atoms with Gasteiger partial charge in [0.25, 0.3) is 0 Å². The number of phenols is 1. The second-order valence-electron chi connectivity index (χ2n) is 4.45. The zero-order valence-electron chi connectivity index (χ0n) is 11.7. The molecule has 0 saturated heterocycles. The first-order chi connectivity index (χ1) is 11.0. The van der Waals surface area contributed by atoms with E-state index in [4.69, 9.17) is 5.11 Å². The van der Waals surface area contributed by atoms with E-state index in [-0.39, 0.29) is 17.3 Å². The van der Waals surface area contributed by atoms with Crippen LogP contribution in [-0.2, 0) is 0 Å². The molecule has 0 heterocycles. The van der Waals surface area contributed by atoms with Gasteiger partial charge in [0.2, 0.25) is 0 Å². The van der Waals surface area contributed by atoms with Crippen LogP contribution in [0.25, 0.3) is 6.08 Å². The van der Waals surface area contributed by atoms with Crippen molar-refractivity contribution in [2.75, 3.05) is 0 Å². The average Bonchev–Trinajstić information content (AvgIpc) is 2.54. The van der Waals surface area contributed by atoms with E-state index in [1.807, 2.05) is 0 Å². The molecular formula is C17H11F3O3. The molecule has 118 valence electrons. The van der Waals surface area contributed by atoms with Crippen LogP contribution in [-0.4, -0.2) is 10.9 Å². The smallest absolute Gasteiger partial charge is 0.344 e. The average molecular weight is 320 g/mol. The highest BCUT2D eigenvalue weighted by atomic mass is 19.3. The van der Waals surface area contributed by atoms with Crippen LogP contribution >= 0.6 is 0 Å². The predicted octanol–water partition coefficient (Wildman–Crippen LogP) is 4.70. The van der Waals surface area contributed by atoms with Crippen molar-refractivity contribution in [2.45, 2.75) is 0 Å². The van der Waals surface area contributed by atoms with Gasteiger partial charge in [0.1, 0.15) is 11.5 Å². The lowest BCUT2D eigenvalue weighted by Crippen LogP contribution is -1.93. The van der Waals surface area contributed by atoms with E-state index >= 15 is 0 Å². The molecule has 0 saturated carbocycles. The molecule has 0 aliphatic rings. The summed E-state index contributed by atoms with van der Waals surface area (Å²) in [6, 6.07) is 9.40. The Balaban J connectivity index is 2.04. The first kappa shape index (κ1) is 16.4. The van der Waals surface area contributed by atoms with Crippen LogP contribution in [0.4, 0.5) is 13.2 Å². The zero-order valence-corrected chi connectivity index (χ0v) is 11.7. The topological polar surface area (TPSA) is 46.5 Å². The maximum Gasteiger partial charge on any atom is 0.344 e. The highest BCUT2D eigenvalue weighted by Gasteiger charge is 2.07. The maximum absolute atomic E-state index is 12.6. The molecule has 0 aliphatic heterocycles. The number of hydrogen-bond donors (Lipinski definition) is 1. The van der Waals surface area contributed by atoms with Gasteiger partial charge in [0.05, 0.1) is 0 Å². The fourth-order valence-corrected chi connectivity index (χ4v) is 1.68. The minimum absolute atomic E-state index is 0.0621. The van der Waals surface area contributed by atoms with Crippen molar-refractivity contribution in [3.63, 3.8) is 0 Å². The number of ketones is 1. The highest BCUT2D eigenvalue weighted by molar-refractivity contribution is 6.06. The standard InChI is InChI=1S/C17H11F3O3/c18-16(19)17(20)23-14-8-1-11(2-9-14)3-10-15(22)12-4-6-13(21)7-5-12/h1-10,21H. The lowest BCUT2D eigenvalue weighted by atomic mass is 10.1. The molecule has 23 heavy (non-hydrogen) atoms. The first-order valence-electron chi connectivity index (χ1n) is 6.46. The maximum atomic E-state index is 12.6. The molecule has 2 aromatic rings. The van der Waals surface area contributed by atoms with E-state index in [2.05, 4.69) is 4.74 Å². The number of carbonyl (C=O) groups excluding carboxylic acids is 1. The molecule has 0 amide bonds. The van der Waals surface area contributed by atoms with Crippen molar-refractivity contribution in [3.05, 3.63) is 77.8 Å². The Morgan fingerprint density at radius 2 is 1.57 bits per heavy atom. The summed E-state index contributed by atoms with van der Waals surface area (Å²) in [5.74, 6) is -0.289. The van der Waals surface area contributed by atoms with Crippen LogP contribution in [0.1, 0.15) is 15.9 Å². The van der Waals surface area contributed by atoms with Gasteiger partial charge in [-0.2, -0.15) is 13.2 Å². The zero-order chi connectivity index (χ0) is 16.8. The van der Waals surface area contributed by atoms with Crippen molar-refractivity contribution < 1.29 is 27.8 Å². The minimum atomic E-state index is -2.53. The summed E-state index contributed by atoms with van der Waals surface area (Å²) in [5.41, 5.74) is 1.01. The number of ether oxygens (including phenoxy) is 1. The third-order valence-electron chi connectivity index (χ3n) is 2.82. The van der Waals surface area contributed by atoms with E-state index in [9.17, 15) is 18.0 Å². The van der Waals surface area contributed by atoms with E-state index in [1.165, 1.54) is 60.7 Å². The molecule has 3 nitrogen and oxygen atoms in total. The van der Waals surface area contributed by atoms with E-state index < -0.39 is 12.1 Å². The summed E-state index contributed by atoms with van der Waals surface area (Å²) in [7, 11) is 0. The fraction of sp³-hybridized carbons (Fsp3) is 0. The van der Waals surface area contributed by atoms with Crippen molar-refractivity contribution in [2.24, 2.45) is 0 Å². The minimum Gasteiger partial charge on any atom is -0.508 e. The van der Waals surface area contributed by atoms with E-state index in [0.717, 1.165) is 0 Å². The monoisotopic (exact) mass is 320 g/mol. The van der Waals surface area contributed by atoms with Gasteiger partial charge in [-0.15, -0.1) is 0 Å². The van der Waals surface area contributed by atoms with Crippen molar-refractivity contribution >= 4 is 11.9 Å². The Labute approximate surface area is 129 Å². The molecule has 0 unspecified atom stereocenters. The third-order valence-corrected chi connectivity index (χ3v) is 2.82. The van der Waals surface area contributed by atoms with Crippen molar-refractivity contribution in [1.29, 1.82) is 0 Å². The number of benzene rings is 2. The second kappa shape index (κ2) is 7.31. The van der Waals surface area contributed by atoms with Gasteiger partial charge >= 0.3 is 12.1 Å². The van der Waals surface area contributed by atoms with Crippen LogP contribution in [0.5, 0.6) is 11.5 Å². The summed E-state index contributed by atoms with van der Waals surface area (Å²) >= 11 is 0. The van der Waals surface area contributed by atoms with Crippen molar-refractivity contribution in [1.82, 2.24) is 0 Å². The fourth-order valence-electron chi connectivity index (χ4n) is 1.68. The number of halogens is 3. The van der Waals surface area contributed by atoms with Crippen LogP contribution in [0.15, 0.2) is 66.7 Å². The van der Waals surface area contributed by atoms with Crippen LogP contribution in [0.3, 0.4) is 0 Å². The summed E-state index contributed by atoms with van der Waals surface area (Å²) in [5, 5.41) is 9.15. The molecule has 2 rings (SSSR count). The quantitative estimate of drug-likeness (QED) is 0.493. The van der Waals surface area contributed by atoms with Gasteiger partial charge in [0, 0.05) is 5.56 Å². The molecule has 2 aromatic carbocycles. The molecule has 0 bridgehead atoms. The molecule has 0 spiro atoms. The summed E-state index contributed by atoms with van der Waals surface area (Å²) < 4.78 is 40.7. The molecule has 0 aliphatic carbocycles. The Bertz CT molecular complexity index is 744. The Morgan fingerprint density at radius 1 is 0.957 bits per heavy atom. The molecule has 0 aromatic heterocycles. The molecular weight excluding hydrogens is 309 g/mol. The van der Waals surface area contributed by atoms with E-state index in [1.54, 1.807) is 0 Å². The molecule has 0 fully saturated rings. The van der Waals surface area contributed by atoms with Gasteiger partial charge in [-0.3, -0.25) is 4.79 Å². The second-order valence-corrected chi connectivity index (χ2v) is 4.45. The number of allylic oxidation sites excluding steroid dienone is 1. The number of phenolic OH excluding ortho intramolecular Hbond substituents is 1. The predicted molar refractivity (Wildman–Crippen MR) is 78.9 cm³/mol. The third kappa shape index (κ3) is 4.74. The van der Waals surface area contributed by atoms with Gasteiger partial charge in [-0.1, -0.05) is 18.2 Å². The summed E-state index contributed by atoms with van der Waals surface area (Å²) in [6.45, 7) is 0. The van der Waals surface area contributed by atoms with Crippen LogP contribution in [0.2, 0.25) is 0 Å². The number of aromatic hydroxyl groups is 1. The highest BCUT2D eigenvalue weighted by Crippen LogP contribution is 2.19. The number of hydrogen-bond acceptors (Lipinski definition) is 3. The number of carbonyl (C=O) groups is 1. The summed E-state index contributed by atoms with van der Waals surface area (Å²) in [6.07, 6.45) is 0.304. The largest absolute Gasteiger partial charge is 0.508 e. The SMILES string of the molecule is O=C(C=Cc1ccc(OC(F)=C(F)F)cc1)c1ccc(O)cc1. The molecule has 6 heteroatoms. The molecule has 1 N–H and O–H groups in total. The van der Waals surface area contributed by atoms with Crippen molar-refractivity contribution in [3.8, 4) is 11.5 Å². The summed E-state index contributed by atoms with van der Waals surface area (Å²) in [4.78, 5) is 11.9. The molecule has 0 atom stereocenters.